The summed E-state index contributed by atoms with van der Waals surface area (Å²) in [4.78, 5) is 12.7. The van der Waals surface area contributed by atoms with Crippen LogP contribution in [-0.4, -0.2) is 31.7 Å². The highest BCUT2D eigenvalue weighted by Crippen LogP contribution is 2.29. The molecule has 1 amide bonds. The molecule has 1 saturated heterocycles. The highest BCUT2D eigenvalue weighted by atomic mass is 35.5. The summed E-state index contributed by atoms with van der Waals surface area (Å²) in [5, 5.41) is 2.48. The largest absolute Gasteiger partial charge is 0.325 e. The number of rotatable bonds is 3. The van der Waals surface area contributed by atoms with Crippen LogP contribution in [0.1, 0.15) is 23.6 Å². The SMILES string of the molecule is Cc1ccc([C@@H]2CC(C(=O)Nc3ccc(F)c(Cl)c3)N(C)S(=O)(=O)N2)cc1. The van der Waals surface area contributed by atoms with E-state index >= 15 is 0 Å². The van der Waals surface area contributed by atoms with Crippen LogP contribution in [-0.2, 0) is 15.0 Å². The van der Waals surface area contributed by atoms with Crippen LogP contribution in [0.5, 0.6) is 0 Å². The Morgan fingerprint density at radius 2 is 1.93 bits per heavy atom. The Morgan fingerprint density at radius 1 is 1.26 bits per heavy atom. The fourth-order valence-corrected chi connectivity index (χ4v) is 4.38. The Labute approximate surface area is 162 Å². The van der Waals surface area contributed by atoms with Crippen molar-refractivity contribution in [1.29, 1.82) is 0 Å². The van der Waals surface area contributed by atoms with Gasteiger partial charge in [-0.05, 0) is 37.1 Å². The van der Waals surface area contributed by atoms with Crippen LogP contribution in [0.25, 0.3) is 0 Å². The number of hydrogen-bond acceptors (Lipinski definition) is 3. The third-order valence-electron chi connectivity index (χ3n) is 4.54. The third-order valence-corrected chi connectivity index (χ3v) is 6.42. The molecule has 0 spiro atoms. The molecule has 1 heterocycles. The van der Waals surface area contributed by atoms with E-state index in [1.54, 1.807) is 0 Å². The summed E-state index contributed by atoms with van der Waals surface area (Å²) < 4.78 is 41.8. The molecule has 0 radical (unpaired) electrons. The lowest BCUT2D eigenvalue weighted by atomic mass is 9.98. The second-order valence-corrected chi connectivity index (χ2v) is 8.64. The predicted molar refractivity (Wildman–Crippen MR) is 102 cm³/mol. The number of aryl methyl sites for hydroxylation is 1. The molecule has 9 heteroatoms. The molecule has 0 saturated carbocycles. The van der Waals surface area contributed by atoms with Crippen molar-refractivity contribution in [2.45, 2.75) is 25.4 Å². The number of nitrogens with one attached hydrogen (secondary N) is 2. The van der Waals surface area contributed by atoms with Gasteiger partial charge < -0.3 is 5.32 Å². The van der Waals surface area contributed by atoms with E-state index in [4.69, 9.17) is 11.6 Å². The average Bonchev–Trinajstić information content (AvgIpc) is 2.61. The minimum Gasteiger partial charge on any atom is -0.325 e. The maximum atomic E-state index is 13.3. The molecule has 1 fully saturated rings. The molecule has 0 aliphatic carbocycles. The molecular weight excluding hydrogens is 393 g/mol. The molecule has 1 aliphatic heterocycles. The molecule has 0 bridgehead atoms. The lowest BCUT2D eigenvalue weighted by Crippen LogP contribution is -2.55. The maximum Gasteiger partial charge on any atom is 0.280 e. The molecule has 6 nitrogen and oxygen atoms in total. The van der Waals surface area contributed by atoms with Crippen LogP contribution in [0.15, 0.2) is 42.5 Å². The van der Waals surface area contributed by atoms with Gasteiger partial charge in [-0.15, -0.1) is 0 Å². The first-order chi connectivity index (χ1) is 12.7. The van der Waals surface area contributed by atoms with Crippen molar-refractivity contribution in [1.82, 2.24) is 9.03 Å². The van der Waals surface area contributed by atoms with Crippen LogP contribution in [0.3, 0.4) is 0 Å². The van der Waals surface area contributed by atoms with E-state index in [-0.39, 0.29) is 11.4 Å². The second-order valence-electron chi connectivity index (χ2n) is 6.47. The van der Waals surface area contributed by atoms with Gasteiger partial charge in [0.05, 0.1) is 5.02 Å². The summed E-state index contributed by atoms with van der Waals surface area (Å²) >= 11 is 5.73. The van der Waals surface area contributed by atoms with Gasteiger partial charge in [0.25, 0.3) is 10.2 Å². The first kappa shape index (κ1) is 19.8. The summed E-state index contributed by atoms with van der Waals surface area (Å²) in [5.74, 6) is -1.11. The number of carbonyl (C=O) groups excluding carboxylic acids is 1. The molecular formula is C18H19ClFN3O3S. The quantitative estimate of drug-likeness (QED) is 0.814. The second kappa shape index (κ2) is 7.55. The molecule has 27 heavy (non-hydrogen) atoms. The van der Waals surface area contributed by atoms with E-state index in [1.807, 2.05) is 31.2 Å². The van der Waals surface area contributed by atoms with E-state index in [9.17, 15) is 17.6 Å². The summed E-state index contributed by atoms with van der Waals surface area (Å²) in [6, 6.07) is 9.77. The molecule has 1 unspecified atom stereocenters. The van der Waals surface area contributed by atoms with Gasteiger partial charge in [0.2, 0.25) is 5.91 Å². The van der Waals surface area contributed by atoms with Crippen molar-refractivity contribution in [3.63, 3.8) is 0 Å². The van der Waals surface area contributed by atoms with Gasteiger partial charge in [0.15, 0.2) is 0 Å². The summed E-state index contributed by atoms with van der Waals surface area (Å²) in [6.07, 6.45) is 0.250. The van der Waals surface area contributed by atoms with E-state index in [0.717, 1.165) is 21.5 Å². The average molecular weight is 412 g/mol. The maximum absolute atomic E-state index is 13.3. The fraction of sp³-hybridized carbons (Fsp3) is 0.278. The van der Waals surface area contributed by atoms with Crippen molar-refractivity contribution >= 4 is 33.4 Å². The van der Waals surface area contributed by atoms with Crippen molar-refractivity contribution in [2.24, 2.45) is 0 Å². The van der Waals surface area contributed by atoms with Gasteiger partial charge in [-0.3, -0.25) is 4.79 Å². The van der Waals surface area contributed by atoms with Crippen LogP contribution in [0.4, 0.5) is 10.1 Å². The van der Waals surface area contributed by atoms with Gasteiger partial charge >= 0.3 is 0 Å². The van der Waals surface area contributed by atoms with E-state index in [0.29, 0.717) is 5.69 Å². The number of halogens is 2. The zero-order valence-corrected chi connectivity index (χ0v) is 16.3. The summed E-state index contributed by atoms with van der Waals surface area (Å²) in [7, 11) is -2.49. The van der Waals surface area contributed by atoms with Crippen LogP contribution < -0.4 is 10.0 Å². The van der Waals surface area contributed by atoms with Gasteiger partial charge in [0.1, 0.15) is 11.9 Å². The molecule has 2 atom stereocenters. The monoisotopic (exact) mass is 411 g/mol. The highest BCUT2D eigenvalue weighted by Gasteiger charge is 2.40. The smallest absolute Gasteiger partial charge is 0.280 e. The van der Waals surface area contributed by atoms with Crippen molar-refractivity contribution in [3.8, 4) is 0 Å². The zero-order valence-electron chi connectivity index (χ0n) is 14.7. The number of likely N-dealkylation sites (N-methyl/N-ethyl adjacent to an activating group) is 1. The van der Waals surface area contributed by atoms with Gasteiger partial charge in [0, 0.05) is 18.8 Å². The Bertz CT molecular complexity index is 966. The number of hydrogen-bond donors (Lipinski definition) is 2. The van der Waals surface area contributed by atoms with Crippen molar-refractivity contribution in [2.75, 3.05) is 12.4 Å². The summed E-state index contributed by atoms with van der Waals surface area (Å²) in [6.45, 7) is 1.94. The van der Waals surface area contributed by atoms with E-state index in [1.165, 1.54) is 19.2 Å². The van der Waals surface area contributed by atoms with Crippen LogP contribution in [0, 0.1) is 12.7 Å². The predicted octanol–water partition coefficient (Wildman–Crippen LogP) is 3.01. The number of amides is 1. The van der Waals surface area contributed by atoms with Gasteiger partial charge in [-0.25, -0.2) is 4.39 Å². The van der Waals surface area contributed by atoms with Crippen LogP contribution in [0.2, 0.25) is 5.02 Å². The lowest BCUT2D eigenvalue weighted by molar-refractivity contribution is -0.120. The molecule has 2 aromatic carbocycles. The lowest BCUT2D eigenvalue weighted by Gasteiger charge is -2.36. The van der Waals surface area contributed by atoms with E-state index < -0.39 is 34.0 Å². The molecule has 1 aliphatic rings. The standard InChI is InChI=1S/C18H19ClFN3O3S/c1-11-3-5-12(6-4-11)16-10-17(23(2)27(25,26)22-16)18(24)21-13-7-8-15(20)14(19)9-13/h3-9,16-17,22H,10H2,1-2H3,(H,21,24)/t16-,17?/m0/s1. The van der Waals surface area contributed by atoms with Gasteiger partial charge in [-0.2, -0.15) is 17.4 Å². The number of nitrogens with zero attached hydrogens (tertiary/aromatic N) is 1. The third kappa shape index (κ3) is 4.30. The van der Waals surface area contributed by atoms with E-state index in [2.05, 4.69) is 10.0 Å². The fourth-order valence-electron chi connectivity index (χ4n) is 2.92. The molecule has 2 aromatic rings. The van der Waals surface area contributed by atoms with Crippen molar-refractivity contribution < 1.29 is 17.6 Å². The minimum atomic E-state index is -3.83. The van der Waals surface area contributed by atoms with Crippen molar-refractivity contribution in [3.05, 3.63) is 64.4 Å². The number of carbonyl (C=O) groups is 1. The minimum absolute atomic E-state index is 0.128. The molecule has 3 rings (SSSR count). The Balaban J connectivity index is 1.84. The molecule has 2 N–H and O–H groups in total. The zero-order chi connectivity index (χ0) is 19.8. The van der Waals surface area contributed by atoms with Gasteiger partial charge in [-0.1, -0.05) is 41.4 Å². The Morgan fingerprint density at radius 3 is 2.56 bits per heavy atom. The highest BCUT2D eigenvalue weighted by molar-refractivity contribution is 7.87. The summed E-state index contributed by atoms with van der Waals surface area (Å²) in [5.41, 5.74) is 2.12. The molecule has 0 aromatic heterocycles. The van der Waals surface area contributed by atoms with Crippen LogP contribution >= 0.6 is 11.6 Å². The number of anilines is 1. The first-order valence-electron chi connectivity index (χ1n) is 8.25. The topological polar surface area (TPSA) is 78.5 Å². The number of benzene rings is 2. The normalized spacial score (nSPS) is 22.4. The molecule has 144 valence electrons. The Kier molecular flexibility index (Phi) is 5.53. The Hall–Kier alpha value is -2.00. The first-order valence-corrected chi connectivity index (χ1v) is 10.1.